The van der Waals surface area contributed by atoms with Crippen LogP contribution in [0.3, 0.4) is 0 Å². The van der Waals surface area contributed by atoms with E-state index in [4.69, 9.17) is 14.2 Å². The van der Waals surface area contributed by atoms with Gasteiger partial charge in [0, 0.05) is 12.5 Å². The van der Waals surface area contributed by atoms with E-state index in [1.54, 1.807) is 37.7 Å². The number of amides is 1. The Bertz CT molecular complexity index is 1210. The molecule has 0 bridgehead atoms. The standard InChI is InChI=1S/C26H24N2O5S/c1-31-22-12-11-19(15-23(22)32-2)21-16-20(24-9-6-14-34-24)27-28(21)25(29)17-33-26(30)13-10-18-7-4-3-5-8-18/h3-15,21H,16-17H2,1-2H3/b13-10+. The number of hydrazone groups is 1. The third-order valence-electron chi connectivity index (χ3n) is 5.31. The normalized spacial score (nSPS) is 15.3. The molecule has 1 unspecified atom stereocenters. The highest BCUT2D eigenvalue weighted by molar-refractivity contribution is 7.12. The quantitative estimate of drug-likeness (QED) is 0.348. The molecule has 0 N–H and O–H groups in total. The molecule has 7 nitrogen and oxygen atoms in total. The van der Waals surface area contributed by atoms with Crippen LogP contribution in [0, 0.1) is 0 Å². The molecule has 8 heteroatoms. The number of carbonyl (C=O) groups excluding carboxylic acids is 2. The number of benzene rings is 2. The van der Waals surface area contributed by atoms with E-state index >= 15 is 0 Å². The van der Waals surface area contributed by atoms with Crippen LogP contribution < -0.4 is 9.47 Å². The van der Waals surface area contributed by atoms with E-state index in [1.165, 1.54) is 11.1 Å². The second kappa shape index (κ2) is 10.8. The zero-order valence-electron chi connectivity index (χ0n) is 18.8. The molecule has 1 atom stereocenters. The van der Waals surface area contributed by atoms with Crippen molar-refractivity contribution in [2.45, 2.75) is 12.5 Å². The van der Waals surface area contributed by atoms with Crippen LogP contribution in [0.5, 0.6) is 11.5 Å². The maximum absolute atomic E-state index is 13.1. The number of hydrogen-bond donors (Lipinski definition) is 0. The summed E-state index contributed by atoms with van der Waals surface area (Å²) >= 11 is 1.56. The van der Waals surface area contributed by atoms with Gasteiger partial charge in [-0.3, -0.25) is 4.79 Å². The number of hydrogen-bond acceptors (Lipinski definition) is 7. The first-order valence-electron chi connectivity index (χ1n) is 10.6. The Labute approximate surface area is 201 Å². The lowest BCUT2D eigenvalue weighted by molar-refractivity contribution is -0.149. The number of esters is 1. The largest absolute Gasteiger partial charge is 0.493 e. The van der Waals surface area contributed by atoms with Gasteiger partial charge in [0.2, 0.25) is 0 Å². The van der Waals surface area contributed by atoms with Crippen LogP contribution in [0.25, 0.3) is 6.08 Å². The monoisotopic (exact) mass is 476 g/mol. The third kappa shape index (κ3) is 5.35. The molecule has 3 aromatic rings. The van der Waals surface area contributed by atoms with Crippen molar-refractivity contribution in [1.82, 2.24) is 5.01 Å². The van der Waals surface area contributed by atoms with Crippen molar-refractivity contribution >= 4 is 35.0 Å². The fourth-order valence-electron chi connectivity index (χ4n) is 3.63. The summed E-state index contributed by atoms with van der Waals surface area (Å²) in [6.45, 7) is -0.414. The number of carbonyl (C=O) groups is 2. The van der Waals surface area contributed by atoms with Gasteiger partial charge in [-0.25, -0.2) is 9.80 Å². The molecule has 2 aromatic carbocycles. The minimum Gasteiger partial charge on any atom is -0.493 e. The van der Waals surface area contributed by atoms with Gasteiger partial charge >= 0.3 is 5.97 Å². The third-order valence-corrected chi connectivity index (χ3v) is 6.23. The van der Waals surface area contributed by atoms with Crippen molar-refractivity contribution in [2.24, 2.45) is 5.10 Å². The fraction of sp³-hybridized carbons (Fsp3) is 0.192. The van der Waals surface area contributed by atoms with Crippen LogP contribution in [0.4, 0.5) is 0 Å². The Morgan fingerprint density at radius 2 is 1.85 bits per heavy atom. The fourth-order valence-corrected chi connectivity index (χ4v) is 4.35. The number of ether oxygens (including phenoxy) is 3. The molecule has 0 fully saturated rings. The number of thiophene rings is 1. The zero-order chi connectivity index (χ0) is 23.9. The molecule has 1 aliphatic rings. The summed E-state index contributed by atoms with van der Waals surface area (Å²) in [7, 11) is 3.14. The van der Waals surface area contributed by atoms with Gasteiger partial charge in [-0.15, -0.1) is 11.3 Å². The van der Waals surface area contributed by atoms with E-state index in [0.717, 1.165) is 21.7 Å². The molecule has 34 heavy (non-hydrogen) atoms. The molecule has 0 saturated heterocycles. The van der Waals surface area contributed by atoms with E-state index < -0.39 is 18.5 Å². The lowest BCUT2D eigenvalue weighted by Gasteiger charge is -2.22. The number of nitrogens with zero attached hydrogens (tertiary/aromatic N) is 2. The topological polar surface area (TPSA) is 77.4 Å². The molecule has 0 saturated carbocycles. The summed E-state index contributed by atoms with van der Waals surface area (Å²) in [5.74, 6) is 0.157. The van der Waals surface area contributed by atoms with Gasteiger partial charge in [0.15, 0.2) is 18.1 Å². The lowest BCUT2D eigenvalue weighted by atomic mass is 10.0. The zero-order valence-corrected chi connectivity index (χ0v) is 19.7. The molecular weight excluding hydrogens is 452 g/mol. The first-order chi connectivity index (χ1) is 16.6. The summed E-state index contributed by atoms with van der Waals surface area (Å²) in [6, 6.07) is 18.5. The molecule has 0 aliphatic carbocycles. The van der Waals surface area contributed by atoms with Crippen molar-refractivity contribution in [1.29, 1.82) is 0 Å². The lowest BCUT2D eigenvalue weighted by Crippen LogP contribution is -2.31. The molecule has 4 rings (SSSR count). The van der Waals surface area contributed by atoms with Gasteiger partial charge in [0.05, 0.1) is 30.9 Å². The van der Waals surface area contributed by atoms with Gasteiger partial charge in [-0.2, -0.15) is 5.10 Å². The first kappa shape index (κ1) is 23.3. The van der Waals surface area contributed by atoms with Crippen LogP contribution >= 0.6 is 11.3 Å². The number of methoxy groups -OCH3 is 2. The molecule has 0 radical (unpaired) electrons. The molecule has 174 valence electrons. The van der Waals surface area contributed by atoms with Crippen molar-refractivity contribution in [3.63, 3.8) is 0 Å². The second-order valence-corrected chi connectivity index (χ2v) is 8.40. The van der Waals surface area contributed by atoms with Crippen molar-refractivity contribution in [3.05, 3.63) is 88.1 Å². The Morgan fingerprint density at radius 3 is 2.56 bits per heavy atom. The van der Waals surface area contributed by atoms with E-state index in [-0.39, 0.29) is 6.04 Å². The molecule has 1 amide bonds. The minimum atomic E-state index is -0.596. The van der Waals surface area contributed by atoms with Crippen LogP contribution in [-0.2, 0) is 14.3 Å². The highest BCUT2D eigenvalue weighted by Crippen LogP contribution is 2.37. The average molecular weight is 477 g/mol. The highest BCUT2D eigenvalue weighted by Gasteiger charge is 2.34. The van der Waals surface area contributed by atoms with Crippen LogP contribution in [0.2, 0.25) is 0 Å². The van der Waals surface area contributed by atoms with Gasteiger partial charge in [-0.1, -0.05) is 42.5 Å². The smallest absolute Gasteiger partial charge is 0.331 e. The molecular formula is C26H24N2O5S. The van der Waals surface area contributed by atoms with E-state index in [9.17, 15) is 9.59 Å². The van der Waals surface area contributed by atoms with Crippen molar-refractivity contribution in [3.8, 4) is 11.5 Å². The predicted molar refractivity (Wildman–Crippen MR) is 131 cm³/mol. The Hall–Kier alpha value is -3.91. The van der Waals surface area contributed by atoms with Crippen LogP contribution in [-0.4, -0.2) is 43.4 Å². The summed E-state index contributed by atoms with van der Waals surface area (Å²) in [4.78, 5) is 26.2. The van der Waals surface area contributed by atoms with Gasteiger partial charge in [0.1, 0.15) is 0 Å². The maximum atomic E-state index is 13.1. The van der Waals surface area contributed by atoms with Crippen molar-refractivity contribution in [2.75, 3.05) is 20.8 Å². The second-order valence-electron chi connectivity index (χ2n) is 7.45. The summed E-state index contributed by atoms with van der Waals surface area (Å²) in [6.07, 6.45) is 3.48. The van der Waals surface area contributed by atoms with E-state index in [1.807, 2.05) is 60.0 Å². The van der Waals surface area contributed by atoms with E-state index in [0.29, 0.717) is 17.9 Å². The molecule has 0 spiro atoms. The van der Waals surface area contributed by atoms with Crippen molar-refractivity contribution < 1.29 is 23.8 Å². The molecule has 1 aliphatic heterocycles. The van der Waals surface area contributed by atoms with Crippen LogP contribution in [0.1, 0.15) is 28.5 Å². The van der Waals surface area contributed by atoms with Gasteiger partial charge in [-0.05, 0) is 40.8 Å². The maximum Gasteiger partial charge on any atom is 0.331 e. The number of rotatable bonds is 8. The predicted octanol–water partition coefficient (Wildman–Crippen LogP) is 4.70. The first-order valence-corrected chi connectivity index (χ1v) is 11.5. The summed E-state index contributed by atoms with van der Waals surface area (Å²) in [5.41, 5.74) is 2.51. The highest BCUT2D eigenvalue weighted by atomic mass is 32.1. The average Bonchev–Trinajstić information content (AvgIpc) is 3.56. The Balaban J connectivity index is 1.50. The van der Waals surface area contributed by atoms with Crippen LogP contribution in [0.15, 0.2) is 77.2 Å². The van der Waals surface area contributed by atoms with Gasteiger partial charge in [0.25, 0.3) is 5.91 Å². The minimum absolute atomic E-state index is 0.358. The summed E-state index contributed by atoms with van der Waals surface area (Å²) in [5, 5.41) is 7.95. The molecule has 2 heterocycles. The van der Waals surface area contributed by atoms with E-state index in [2.05, 4.69) is 5.10 Å². The molecule has 1 aromatic heterocycles. The Morgan fingerprint density at radius 1 is 1.06 bits per heavy atom. The summed E-state index contributed by atoms with van der Waals surface area (Å²) < 4.78 is 16.0. The van der Waals surface area contributed by atoms with Gasteiger partial charge < -0.3 is 14.2 Å². The SMILES string of the molecule is COc1ccc(C2CC(c3cccs3)=NN2C(=O)COC(=O)/C=C/c2ccccc2)cc1OC. The Kier molecular flexibility index (Phi) is 7.39.